The van der Waals surface area contributed by atoms with E-state index in [1.54, 1.807) is 0 Å². The second-order valence-electron chi connectivity index (χ2n) is 10.0. The molecule has 2 saturated heterocycles. The second kappa shape index (κ2) is 9.03. The van der Waals surface area contributed by atoms with Crippen molar-refractivity contribution in [3.05, 3.63) is 29.6 Å². The number of hydrogen-bond donors (Lipinski definition) is 2. The summed E-state index contributed by atoms with van der Waals surface area (Å²) in [5.74, 6) is 0.699. The van der Waals surface area contributed by atoms with E-state index in [9.17, 15) is 9.59 Å². The number of aromatic amines is 1. The van der Waals surface area contributed by atoms with Crippen molar-refractivity contribution in [3.63, 3.8) is 0 Å². The summed E-state index contributed by atoms with van der Waals surface area (Å²) in [5, 5.41) is 10.1. The molecule has 0 aliphatic carbocycles. The third kappa shape index (κ3) is 4.18. The van der Waals surface area contributed by atoms with E-state index in [-0.39, 0.29) is 17.8 Å². The Kier molecular flexibility index (Phi) is 6.07. The molecule has 0 bridgehead atoms. The Morgan fingerprint density at radius 3 is 2.76 bits per heavy atom. The lowest BCUT2D eigenvalue weighted by Crippen LogP contribution is -2.59. The molecule has 0 radical (unpaired) electrons. The lowest BCUT2D eigenvalue weighted by molar-refractivity contribution is 0.0290. The van der Waals surface area contributed by atoms with E-state index >= 15 is 0 Å². The maximum atomic E-state index is 13.7. The summed E-state index contributed by atoms with van der Waals surface area (Å²) in [5.41, 5.74) is 1.26. The number of amides is 3. The van der Waals surface area contributed by atoms with Crippen molar-refractivity contribution in [2.24, 2.45) is 5.92 Å². The van der Waals surface area contributed by atoms with Gasteiger partial charge in [0.25, 0.3) is 5.91 Å². The van der Waals surface area contributed by atoms with Crippen LogP contribution >= 0.6 is 0 Å². The number of nitrogens with zero attached hydrogens (tertiary/aromatic N) is 5. The summed E-state index contributed by atoms with van der Waals surface area (Å²) >= 11 is 0. The number of ether oxygens (including phenoxy) is 1. The number of carbonyl (C=O) groups is 2. The average molecular weight is 472 g/mol. The molecule has 0 saturated carbocycles. The van der Waals surface area contributed by atoms with Crippen LogP contribution in [0.5, 0.6) is 0 Å². The molecule has 0 spiro atoms. The summed E-state index contributed by atoms with van der Waals surface area (Å²) < 4.78 is 10.4. The fraction of sp³-hybridized carbons (Fsp3) is 0.652. The molecule has 184 valence electrons. The van der Waals surface area contributed by atoms with Crippen LogP contribution < -0.4 is 5.32 Å². The minimum atomic E-state index is -0.574. The predicted octanol–water partition coefficient (Wildman–Crippen LogP) is 2.25. The Hall–Kier alpha value is -2.92. The summed E-state index contributed by atoms with van der Waals surface area (Å²) in [6.07, 6.45) is 4.73. The van der Waals surface area contributed by atoms with Gasteiger partial charge in [-0.1, -0.05) is 0 Å². The SMILES string of the molecule is C[C@H]1CN(CC2CCOCC2)CCN1C(=O)N1Cc2c(NC(=O)c3cocn3)n[nH]c2C1(C)C. The van der Waals surface area contributed by atoms with Crippen molar-refractivity contribution in [3.8, 4) is 0 Å². The number of nitrogens with one attached hydrogen (secondary N) is 2. The van der Waals surface area contributed by atoms with Crippen molar-refractivity contribution in [2.45, 2.75) is 51.7 Å². The molecule has 2 aromatic heterocycles. The molecule has 3 amide bonds. The summed E-state index contributed by atoms with van der Waals surface area (Å²) in [6.45, 7) is 11.8. The van der Waals surface area contributed by atoms with E-state index < -0.39 is 11.4 Å². The second-order valence-corrected chi connectivity index (χ2v) is 10.0. The molecule has 2 aromatic rings. The molecular formula is C23H33N7O4. The number of anilines is 1. The smallest absolute Gasteiger partial charge is 0.321 e. The largest absolute Gasteiger partial charge is 0.451 e. The molecule has 0 unspecified atom stereocenters. The number of urea groups is 1. The molecule has 11 heteroatoms. The number of piperazine rings is 1. The lowest BCUT2D eigenvalue weighted by Gasteiger charge is -2.44. The number of hydrogen-bond acceptors (Lipinski definition) is 7. The summed E-state index contributed by atoms with van der Waals surface area (Å²) in [7, 11) is 0. The normalized spacial score (nSPS) is 23.2. The zero-order chi connectivity index (χ0) is 23.9. The summed E-state index contributed by atoms with van der Waals surface area (Å²) in [6, 6.07) is 0.141. The topological polar surface area (TPSA) is 120 Å². The van der Waals surface area contributed by atoms with Gasteiger partial charge in [0.2, 0.25) is 0 Å². The molecule has 1 atom stereocenters. The Bertz CT molecular complexity index is 1030. The first-order valence-corrected chi connectivity index (χ1v) is 12.0. The zero-order valence-corrected chi connectivity index (χ0v) is 20.0. The van der Waals surface area contributed by atoms with Gasteiger partial charge in [-0.3, -0.25) is 14.8 Å². The van der Waals surface area contributed by atoms with Gasteiger partial charge in [0.05, 0.1) is 17.8 Å². The molecule has 3 aliphatic heterocycles. The highest BCUT2D eigenvalue weighted by atomic mass is 16.5. The zero-order valence-electron chi connectivity index (χ0n) is 20.0. The number of carbonyl (C=O) groups excluding carboxylic acids is 2. The molecule has 0 aromatic carbocycles. The van der Waals surface area contributed by atoms with Gasteiger partial charge in [-0.2, -0.15) is 5.10 Å². The van der Waals surface area contributed by atoms with Gasteiger partial charge in [-0.05, 0) is 39.5 Å². The summed E-state index contributed by atoms with van der Waals surface area (Å²) in [4.78, 5) is 36.3. The Morgan fingerprint density at radius 2 is 2.06 bits per heavy atom. The minimum absolute atomic E-state index is 0.0154. The number of oxazole rings is 1. The van der Waals surface area contributed by atoms with E-state index in [4.69, 9.17) is 9.15 Å². The first kappa shape index (κ1) is 22.9. The molecule has 5 rings (SSSR count). The van der Waals surface area contributed by atoms with Crippen LogP contribution in [0.1, 0.15) is 55.4 Å². The van der Waals surface area contributed by atoms with Crippen molar-refractivity contribution in [2.75, 3.05) is 44.7 Å². The van der Waals surface area contributed by atoms with Crippen LogP contribution in [0.4, 0.5) is 10.6 Å². The van der Waals surface area contributed by atoms with Gasteiger partial charge < -0.3 is 24.3 Å². The molecule has 3 aliphatic rings. The van der Waals surface area contributed by atoms with Crippen LogP contribution in [-0.4, -0.2) is 87.3 Å². The highest BCUT2D eigenvalue weighted by Gasteiger charge is 2.46. The number of H-pyrrole nitrogens is 1. The van der Waals surface area contributed by atoms with Crippen molar-refractivity contribution in [1.29, 1.82) is 0 Å². The standard InChI is InChI=1S/C23H33N7O4/c1-15-10-28(11-16-4-8-33-9-5-16)6-7-29(15)22(32)30-12-17-19(23(30,2)3)26-27-20(17)25-21(31)18-13-34-14-24-18/h13-16H,4-12H2,1-3H3,(H2,25,26,27,31)/t15-/m0/s1. The van der Waals surface area contributed by atoms with Crippen LogP contribution in [0.2, 0.25) is 0 Å². The highest BCUT2D eigenvalue weighted by Crippen LogP contribution is 2.41. The van der Waals surface area contributed by atoms with Crippen LogP contribution in [0.3, 0.4) is 0 Å². The fourth-order valence-electron chi connectivity index (χ4n) is 5.35. The van der Waals surface area contributed by atoms with Crippen molar-refractivity contribution >= 4 is 17.8 Å². The molecule has 34 heavy (non-hydrogen) atoms. The van der Waals surface area contributed by atoms with E-state index in [1.807, 2.05) is 23.6 Å². The van der Waals surface area contributed by atoms with E-state index in [2.05, 4.69) is 32.3 Å². The first-order chi connectivity index (χ1) is 16.3. The van der Waals surface area contributed by atoms with Gasteiger partial charge in [0, 0.05) is 51.0 Å². The Balaban J connectivity index is 1.24. The monoisotopic (exact) mass is 471 g/mol. The highest BCUT2D eigenvalue weighted by molar-refractivity contribution is 6.02. The van der Waals surface area contributed by atoms with E-state index in [0.29, 0.717) is 24.8 Å². The van der Waals surface area contributed by atoms with Gasteiger partial charge in [0.1, 0.15) is 6.26 Å². The first-order valence-electron chi connectivity index (χ1n) is 12.0. The van der Waals surface area contributed by atoms with E-state index in [0.717, 1.165) is 56.9 Å². The maximum absolute atomic E-state index is 13.7. The Labute approximate surface area is 198 Å². The van der Waals surface area contributed by atoms with E-state index in [1.165, 1.54) is 12.7 Å². The lowest BCUT2D eigenvalue weighted by atomic mass is 9.99. The van der Waals surface area contributed by atoms with Gasteiger partial charge in [0.15, 0.2) is 17.9 Å². The van der Waals surface area contributed by atoms with Crippen molar-refractivity contribution < 1.29 is 18.7 Å². The van der Waals surface area contributed by atoms with Gasteiger partial charge >= 0.3 is 6.03 Å². The number of aromatic nitrogens is 3. The maximum Gasteiger partial charge on any atom is 0.321 e. The third-order valence-corrected chi connectivity index (χ3v) is 7.41. The van der Waals surface area contributed by atoms with Crippen LogP contribution in [0.25, 0.3) is 0 Å². The Morgan fingerprint density at radius 1 is 1.26 bits per heavy atom. The average Bonchev–Trinajstić information content (AvgIpc) is 3.53. The van der Waals surface area contributed by atoms with Crippen LogP contribution in [0.15, 0.2) is 17.1 Å². The number of fused-ring (bicyclic) bond motifs is 1. The predicted molar refractivity (Wildman–Crippen MR) is 123 cm³/mol. The van der Waals surface area contributed by atoms with Gasteiger partial charge in [-0.25, -0.2) is 9.78 Å². The number of rotatable bonds is 4. The molecule has 2 fully saturated rings. The molecule has 11 nitrogen and oxygen atoms in total. The molecule has 2 N–H and O–H groups in total. The fourth-order valence-corrected chi connectivity index (χ4v) is 5.35. The van der Waals surface area contributed by atoms with Crippen molar-refractivity contribution in [1.82, 2.24) is 29.9 Å². The molecular weight excluding hydrogens is 438 g/mol. The third-order valence-electron chi connectivity index (χ3n) is 7.41. The van der Waals surface area contributed by atoms with Gasteiger partial charge in [-0.15, -0.1) is 0 Å². The minimum Gasteiger partial charge on any atom is -0.451 e. The van der Waals surface area contributed by atoms with Crippen LogP contribution in [-0.2, 0) is 16.8 Å². The van der Waals surface area contributed by atoms with Crippen LogP contribution in [0, 0.1) is 5.92 Å². The molecule has 5 heterocycles. The quantitative estimate of drug-likeness (QED) is 0.702.